The minimum Gasteiger partial charge on any atom is -0.480 e. The Bertz CT molecular complexity index is 876. The predicted molar refractivity (Wildman–Crippen MR) is 93.5 cm³/mol. The van der Waals surface area contributed by atoms with Crippen LogP contribution in [-0.4, -0.2) is 37.4 Å². The van der Waals surface area contributed by atoms with E-state index in [4.69, 9.17) is 0 Å². The van der Waals surface area contributed by atoms with Crippen LogP contribution in [0.2, 0.25) is 0 Å². The maximum absolute atomic E-state index is 12.4. The molecule has 132 valence electrons. The number of fused-ring (bicyclic) bond motifs is 2. The molecule has 0 amide bonds. The Balaban J connectivity index is 1.70. The lowest BCUT2D eigenvalue weighted by Gasteiger charge is -2.32. The number of carboxylic acid groups (broad SMARTS) is 1. The molecule has 1 aliphatic carbocycles. The molecule has 2 aromatic heterocycles. The third-order valence-corrected chi connectivity index (χ3v) is 5.79. The molecule has 0 unspecified atom stereocenters. The topological polar surface area (TPSA) is 74.9 Å². The highest BCUT2D eigenvalue weighted by Gasteiger charge is 2.45. The molecule has 1 N–H and O–H groups in total. The van der Waals surface area contributed by atoms with Gasteiger partial charge in [-0.1, -0.05) is 18.9 Å². The zero-order valence-corrected chi connectivity index (χ0v) is 14.4. The van der Waals surface area contributed by atoms with Gasteiger partial charge in [-0.3, -0.25) is 18.9 Å². The predicted octanol–water partition coefficient (Wildman–Crippen LogP) is 2.22. The molecular weight excluding hydrogens is 318 g/mol. The van der Waals surface area contributed by atoms with Crippen molar-refractivity contribution in [3.63, 3.8) is 0 Å². The van der Waals surface area contributed by atoms with Gasteiger partial charge in [0.05, 0.1) is 5.69 Å². The van der Waals surface area contributed by atoms with Crippen LogP contribution in [0.1, 0.15) is 43.4 Å². The summed E-state index contributed by atoms with van der Waals surface area (Å²) in [4.78, 5) is 30.9. The summed E-state index contributed by atoms with van der Waals surface area (Å²) in [7, 11) is 0. The monoisotopic (exact) mass is 341 g/mol. The minimum atomic E-state index is -0.761. The molecule has 25 heavy (non-hydrogen) atoms. The fourth-order valence-corrected chi connectivity index (χ4v) is 4.60. The van der Waals surface area contributed by atoms with Crippen LogP contribution in [0.4, 0.5) is 0 Å². The summed E-state index contributed by atoms with van der Waals surface area (Å²) in [6.45, 7) is 2.36. The number of rotatable bonds is 3. The van der Waals surface area contributed by atoms with Crippen LogP contribution in [0.25, 0.3) is 5.65 Å². The largest absolute Gasteiger partial charge is 0.480 e. The van der Waals surface area contributed by atoms with Gasteiger partial charge in [0.2, 0.25) is 0 Å². The highest BCUT2D eigenvalue weighted by Crippen LogP contribution is 2.40. The molecule has 0 spiro atoms. The number of aromatic nitrogens is 2. The molecule has 6 nitrogen and oxygen atoms in total. The van der Waals surface area contributed by atoms with Crippen LogP contribution >= 0.6 is 0 Å². The first-order valence-corrected chi connectivity index (χ1v) is 9.01. The molecule has 0 aromatic carbocycles. The van der Waals surface area contributed by atoms with Crippen molar-refractivity contribution < 1.29 is 9.90 Å². The average molecular weight is 341 g/mol. The second kappa shape index (κ2) is 6.26. The SMILES string of the molecule is Cc1cccn2c(=O)cc(CN3[C@H](C(=O)O)C[C@@H]4CCCC[C@@H]43)nc12. The molecule has 0 radical (unpaired) electrons. The molecular formula is C19H23N3O3. The van der Waals surface area contributed by atoms with E-state index in [1.165, 1.54) is 6.42 Å². The smallest absolute Gasteiger partial charge is 0.320 e. The van der Waals surface area contributed by atoms with E-state index in [-0.39, 0.29) is 5.56 Å². The maximum Gasteiger partial charge on any atom is 0.320 e. The molecule has 1 saturated carbocycles. The molecule has 0 bridgehead atoms. The summed E-state index contributed by atoms with van der Waals surface area (Å²) >= 11 is 0. The van der Waals surface area contributed by atoms with E-state index in [0.717, 1.165) is 24.8 Å². The summed E-state index contributed by atoms with van der Waals surface area (Å²) in [6.07, 6.45) is 6.92. The van der Waals surface area contributed by atoms with E-state index in [1.807, 2.05) is 19.1 Å². The van der Waals surface area contributed by atoms with Crippen molar-refractivity contribution in [1.82, 2.24) is 14.3 Å². The number of carbonyl (C=O) groups is 1. The van der Waals surface area contributed by atoms with Gasteiger partial charge in [-0.25, -0.2) is 4.98 Å². The summed E-state index contributed by atoms with van der Waals surface area (Å²) in [5.74, 6) is -0.304. The molecule has 1 saturated heterocycles. The minimum absolute atomic E-state index is 0.116. The van der Waals surface area contributed by atoms with Gasteiger partial charge in [-0.15, -0.1) is 0 Å². The Morgan fingerprint density at radius 2 is 2.16 bits per heavy atom. The van der Waals surface area contributed by atoms with Crippen molar-refractivity contribution in [2.75, 3.05) is 0 Å². The lowest BCUT2D eigenvalue weighted by atomic mass is 9.85. The van der Waals surface area contributed by atoms with Gasteiger partial charge in [-0.05, 0) is 43.7 Å². The van der Waals surface area contributed by atoms with Crippen molar-refractivity contribution in [3.8, 4) is 0 Å². The molecule has 2 fully saturated rings. The molecule has 3 heterocycles. The number of hydrogen-bond donors (Lipinski definition) is 1. The number of hydrogen-bond acceptors (Lipinski definition) is 4. The van der Waals surface area contributed by atoms with Crippen molar-refractivity contribution in [1.29, 1.82) is 0 Å². The second-order valence-corrected chi connectivity index (χ2v) is 7.34. The maximum atomic E-state index is 12.4. The Hall–Kier alpha value is -2.21. The van der Waals surface area contributed by atoms with Crippen LogP contribution in [0, 0.1) is 12.8 Å². The Morgan fingerprint density at radius 1 is 1.36 bits per heavy atom. The molecule has 1 aliphatic heterocycles. The van der Waals surface area contributed by atoms with Crippen molar-refractivity contribution in [3.05, 3.63) is 46.0 Å². The van der Waals surface area contributed by atoms with Gasteiger partial charge < -0.3 is 5.11 Å². The lowest BCUT2D eigenvalue weighted by molar-refractivity contribution is -0.142. The van der Waals surface area contributed by atoms with E-state index in [1.54, 1.807) is 16.7 Å². The Morgan fingerprint density at radius 3 is 2.96 bits per heavy atom. The average Bonchev–Trinajstić information content (AvgIpc) is 2.95. The van der Waals surface area contributed by atoms with Crippen LogP contribution in [0.3, 0.4) is 0 Å². The summed E-state index contributed by atoms with van der Waals surface area (Å²) in [5.41, 5.74) is 2.14. The lowest BCUT2D eigenvalue weighted by Crippen LogP contribution is -2.42. The number of aryl methyl sites for hydroxylation is 1. The molecule has 4 rings (SSSR count). The zero-order valence-electron chi connectivity index (χ0n) is 14.4. The van der Waals surface area contributed by atoms with Gasteiger partial charge in [-0.2, -0.15) is 0 Å². The highest BCUT2D eigenvalue weighted by molar-refractivity contribution is 5.74. The molecule has 2 aromatic rings. The van der Waals surface area contributed by atoms with E-state index in [9.17, 15) is 14.7 Å². The fourth-order valence-electron chi connectivity index (χ4n) is 4.60. The molecule has 2 aliphatic rings. The van der Waals surface area contributed by atoms with Crippen LogP contribution in [-0.2, 0) is 11.3 Å². The zero-order chi connectivity index (χ0) is 17.6. The van der Waals surface area contributed by atoms with Crippen LogP contribution in [0.15, 0.2) is 29.2 Å². The van der Waals surface area contributed by atoms with Crippen molar-refractivity contribution >= 4 is 11.6 Å². The Kier molecular flexibility index (Phi) is 4.07. The van der Waals surface area contributed by atoms with Crippen molar-refractivity contribution in [2.45, 2.75) is 57.7 Å². The number of pyridine rings is 1. The second-order valence-electron chi connectivity index (χ2n) is 7.34. The van der Waals surface area contributed by atoms with Gasteiger partial charge in [0.1, 0.15) is 11.7 Å². The van der Waals surface area contributed by atoms with E-state index in [2.05, 4.69) is 9.88 Å². The number of nitrogens with zero attached hydrogens (tertiary/aromatic N) is 3. The Labute approximate surface area is 146 Å². The number of likely N-dealkylation sites (tertiary alicyclic amines) is 1. The van der Waals surface area contributed by atoms with E-state index >= 15 is 0 Å². The van der Waals surface area contributed by atoms with Gasteiger partial charge in [0.15, 0.2) is 0 Å². The first kappa shape index (κ1) is 16.3. The van der Waals surface area contributed by atoms with Gasteiger partial charge in [0.25, 0.3) is 5.56 Å². The molecule has 6 heteroatoms. The van der Waals surface area contributed by atoms with E-state index in [0.29, 0.717) is 36.3 Å². The van der Waals surface area contributed by atoms with E-state index < -0.39 is 12.0 Å². The molecule has 3 atom stereocenters. The summed E-state index contributed by atoms with van der Waals surface area (Å²) < 4.78 is 1.54. The van der Waals surface area contributed by atoms with Gasteiger partial charge in [0, 0.05) is 24.8 Å². The first-order chi connectivity index (χ1) is 12.0. The van der Waals surface area contributed by atoms with Crippen molar-refractivity contribution in [2.24, 2.45) is 5.92 Å². The van der Waals surface area contributed by atoms with Crippen LogP contribution in [0.5, 0.6) is 0 Å². The number of carboxylic acids is 1. The quantitative estimate of drug-likeness (QED) is 0.926. The summed E-state index contributed by atoms with van der Waals surface area (Å²) in [5, 5.41) is 9.65. The summed E-state index contributed by atoms with van der Waals surface area (Å²) in [6, 6.07) is 5.14. The normalized spacial score (nSPS) is 26.7. The highest BCUT2D eigenvalue weighted by atomic mass is 16.4. The van der Waals surface area contributed by atoms with Gasteiger partial charge >= 0.3 is 5.97 Å². The first-order valence-electron chi connectivity index (χ1n) is 9.01. The number of aliphatic carboxylic acids is 1. The van der Waals surface area contributed by atoms with Crippen LogP contribution < -0.4 is 5.56 Å². The third kappa shape index (κ3) is 2.84. The third-order valence-electron chi connectivity index (χ3n) is 5.79. The standard InChI is InChI=1S/C19H23N3O3/c1-12-5-4-8-21-17(23)10-14(20-18(12)21)11-22-15-7-3-2-6-13(15)9-16(22)19(24)25/h4-5,8,10,13,15-16H,2-3,6-7,9,11H2,1H3,(H,24,25)/t13-,15-,16-/m0/s1. The fraction of sp³-hybridized carbons (Fsp3) is 0.526.